The molecule has 4 rings (SSSR count). The maximum atomic E-state index is 11.3. The molecule has 0 amide bonds. The van der Waals surface area contributed by atoms with E-state index in [1.165, 1.54) is 27.8 Å². The molecule has 1 aliphatic carbocycles. The third-order valence-corrected chi connectivity index (χ3v) is 5.69. The van der Waals surface area contributed by atoms with Gasteiger partial charge in [0.2, 0.25) is 0 Å². The Morgan fingerprint density at radius 2 is 1.63 bits per heavy atom. The monoisotopic (exact) mass is 383 g/mol. The fourth-order valence-corrected chi connectivity index (χ4v) is 4.28. The molecule has 0 spiro atoms. The third-order valence-electron chi connectivity index (χ3n) is 5.69. The summed E-state index contributed by atoms with van der Waals surface area (Å²) in [6.07, 6.45) is 6.21. The lowest BCUT2D eigenvalue weighted by Crippen LogP contribution is -2.38. The van der Waals surface area contributed by atoms with Crippen LogP contribution in [0, 0.1) is 5.92 Å². The molecule has 2 aromatic carbocycles. The first-order valence-electron chi connectivity index (χ1n) is 9.54. The van der Waals surface area contributed by atoms with Crippen molar-refractivity contribution in [1.29, 1.82) is 0 Å². The SMILES string of the molecule is Cl.O=C(O)[C@@H]1CCCN(CC=C2c3ccccc3CCc3ccccc32)C1. The molecule has 4 heteroatoms. The summed E-state index contributed by atoms with van der Waals surface area (Å²) in [6, 6.07) is 17.4. The Morgan fingerprint density at radius 3 is 2.22 bits per heavy atom. The minimum atomic E-state index is -0.660. The average molecular weight is 384 g/mol. The first-order valence-corrected chi connectivity index (χ1v) is 9.54. The topological polar surface area (TPSA) is 40.5 Å². The van der Waals surface area contributed by atoms with Gasteiger partial charge < -0.3 is 5.11 Å². The molecule has 0 bridgehead atoms. The van der Waals surface area contributed by atoms with Gasteiger partial charge in [-0.1, -0.05) is 54.6 Å². The number of carboxylic acids is 1. The van der Waals surface area contributed by atoms with Crippen LogP contribution in [0.2, 0.25) is 0 Å². The van der Waals surface area contributed by atoms with Crippen molar-refractivity contribution in [3.05, 3.63) is 76.9 Å². The fraction of sp³-hybridized carbons (Fsp3) is 0.348. The molecular formula is C23H26ClNO2. The third kappa shape index (κ3) is 4.26. The van der Waals surface area contributed by atoms with E-state index in [9.17, 15) is 9.90 Å². The maximum Gasteiger partial charge on any atom is 0.307 e. The van der Waals surface area contributed by atoms with Gasteiger partial charge in [-0.05, 0) is 60.1 Å². The van der Waals surface area contributed by atoms with Crippen molar-refractivity contribution in [1.82, 2.24) is 4.90 Å². The van der Waals surface area contributed by atoms with E-state index < -0.39 is 5.97 Å². The van der Waals surface area contributed by atoms with Crippen molar-refractivity contribution in [3.63, 3.8) is 0 Å². The van der Waals surface area contributed by atoms with Crippen molar-refractivity contribution < 1.29 is 9.90 Å². The lowest BCUT2D eigenvalue weighted by atomic mass is 9.93. The van der Waals surface area contributed by atoms with E-state index in [2.05, 4.69) is 59.5 Å². The van der Waals surface area contributed by atoms with Gasteiger partial charge in [-0.2, -0.15) is 0 Å². The number of likely N-dealkylation sites (tertiary alicyclic amines) is 1. The lowest BCUT2D eigenvalue weighted by molar-refractivity contribution is -0.143. The molecule has 1 aliphatic heterocycles. The number of carboxylic acid groups (broad SMARTS) is 1. The molecule has 0 unspecified atom stereocenters. The van der Waals surface area contributed by atoms with E-state index in [1.54, 1.807) is 0 Å². The Kier molecular flexibility index (Phi) is 6.35. The minimum Gasteiger partial charge on any atom is -0.481 e. The number of nitrogens with zero attached hydrogens (tertiary/aromatic N) is 1. The molecule has 2 aromatic rings. The standard InChI is InChI=1S/C23H25NO2.ClH/c25-23(26)19-8-5-14-24(16-19)15-13-22-20-9-3-1-6-17(20)11-12-18-7-2-4-10-21(18)22;/h1-4,6-7,9-10,13,19H,5,8,11-12,14-16H2,(H,25,26);1H/t19-;/m1./s1. The van der Waals surface area contributed by atoms with Crippen LogP contribution in [-0.4, -0.2) is 35.6 Å². The predicted octanol–water partition coefficient (Wildman–Crippen LogP) is 4.44. The smallest absolute Gasteiger partial charge is 0.307 e. The number of benzene rings is 2. The second kappa shape index (κ2) is 8.73. The van der Waals surface area contributed by atoms with Gasteiger partial charge in [-0.25, -0.2) is 0 Å². The summed E-state index contributed by atoms with van der Waals surface area (Å²) < 4.78 is 0. The normalized spacial score (nSPS) is 19.3. The zero-order valence-electron chi connectivity index (χ0n) is 15.4. The molecule has 27 heavy (non-hydrogen) atoms. The Balaban J connectivity index is 0.00000210. The summed E-state index contributed by atoms with van der Waals surface area (Å²) in [7, 11) is 0. The second-order valence-electron chi connectivity index (χ2n) is 7.37. The summed E-state index contributed by atoms with van der Waals surface area (Å²) in [5.41, 5.74) is 6.74. The molecule has 1 fully saturated rings. The minimum absolute atomic E-state index is 0. The van der Waals surface area contributed by atoms with Gasteiger partial charge in [0.1, 0.15) is 0 Å². The van der Waals surface area contributed by atoms with Gasteiger partial charge in [0.05, 0.1) is 5.92 Å². The number of piperidine rings is 1. The molecule has 3 nitrogen and oxygen atoms in total. The van der Waals surface area contributed by atoms with Crippen LogP contribution in [0.15, 0.2) is 54.6 Å². The van der Waals surface area contributed by atoms with Crippen LogP contribution in [0.4, 0.5) is 0 Å². The van der Waals surface area contributed by atoms with Gasteiger partial charge >= 0.3 is 5.97 Å². The van der Waals surface area contributed by atoms with Crippen molar-refractivity contribution in [2.24, 2.45) is 5.92 Å². The van der Waals surface area contributed by atoms with Crippen LogP contribution in [0.3, 0.4) is 0 Å². The first kappa shape index (κ1) is 19.7. The molecule has 1 heterocycles. The number of halogens is 1. The Morgan fingerprint density at radius 1 is 1.04 bits per heavy atom. The molecular weight excluding hydrogens is 358 g/mol. The van der Waals surface area contributed by atoms with Gasteiger partial charge in [-0.3, -0.25) is 9.69 Å². The van der Waals surface area contributed by atoms with Crippen LogP contribution in [-0.2, 0) is 17.6 Å². The summed E-state index contributed by atoms with van der Waals surface area (Å²) >= 11 is 0. The quantitative estimate of drug-likeness (QED) is 0.852. The van der Waals surface area contributed by atoms with Crippen molar-refractivity contribution in [2.75, 3.05) is 19.6 Å². The van der Waals surface area contributed by atoms with E-state index >= 15 is 0 Å². The van der Waals surface area contributed by atoms with Gasteiger partial charge in [0.15, 0.2) is 0 Å². The van der Waals surface area contributed by atoms with Crippen LogP contribution in [0.1, 0.15) is 35.1 Å². The highest BCUT2D eigenvalue weighted by atomic mass is 35.5. The summed E-state index contributed by atoms with van der Waals surface area (Å²) in [4.78, 5) is 13.6. The number of aliphatic carboxylic acids is 1. The highest BCUT2D eigenvalue weighted by Gasteiger charge is 2.25. The fourth-order valence-electron chi connectivity index (χ4n) is 4.28. The highest BCUT2D eigenvalue weighted by molar-refractivity contribution is 5.85. The number of carbonyl (C=O) groups is 1. The Bertz CT molecular complexity index is 796. The zero-order valence-corrected chi connectivity index (χ0v) is 16.3. The van der Waals surface area contributed by atoms with Crippen LogP contribution in [0.5, 0.6) is 0 Å². The highest BCUT2D eigenvalue weighted by Crippen LogP contribution is 2.33. The molecule has 1 atom stereocenters. The molecule has 1 saturated heterocycles. The van der Waals surface area contributed by atoms with Gasteiger partial charge in [-0.15, -0.1) is 12.4 Å². The number of rotatable bonds is 3. The van der Waals surface area contributed by atoms with E-state index in [0.29, 0.717) is 6.54 Å². The molecule has 142 valence electrons. The number of hydrogen-bond donors (Lipinski definition) is 1. The van der Waals surface area contributed by atoms with E-state index in [4.69, 9.17) is 0 Å². The summed E-state index contributed by atoms with van der Waals surface area (Å²) in [5, 5.41) is 9.33. The van der Waals surface area contributed by atoms with Crippen LogP contribution < -0.4 is 0 Å². The molecule has 0 radical (unpaired) electrons. The summed E-state index contributed by atoms with van der Waals surface area (Å²) in [6.45, 7) is 2.45. The zero-order chi connectivity index (χ0) is 17.9. The average Bonchev–Trinajstić information content (AvgIpc) is 2.83. The van der Waals surface area contributed by atoms with E-state index in [1.807, 2.05) is 0 Å². The maximum absolute atomic E-state index is 11.3. The molecule has 1 N–H and O–H groups in total. The number of fused-ring (bicyclic) bond motifs is 2. The Labute approximate surface area is 167 Å². The molecule has 0 saturated carbocycles. The van der Waals surface area contributed by atoms with E-state index in [-0.39, 0.29) is 18.3 Å². The van der Waals surface area contributed by atoms with Crippen LogP contribution >= 0.6 is 12.4 Å². The molecule has 0 aromatic heterocycles. The van der Waals surface area contributed by atoms with Crippen molar-refractivity contribution in [3.8, 4) is 0 Å². The largest absolute Gasteiger partial charge is 0.481 e. The number of hydrogen-bond acceptors (Lipinski definition) is 2. The Hall–Kier alpha value is -2.10. The lowest BCUT2D eigenvalue weighted by Gasteiger charge is -2.30. The van der Waals surface area contributed by atoms with E-state index in [0.717, 1.165) is 38.8 Å². The molecule has 2 aliphatic rings. The van der Waals surface area contributed by atoms with Gasteiger partial charge in [0.25, 0.3) is 0 Å². The van der Waals surface area contributed by atoms with Crippen molar-refractivity contribution in [2.45, 2.75) is 25.7 Å². The second-order valence-corrected chi connectivity index (χ2v) is 7.37. The summed E-state index contributed by atoms with van der Waals surface area (Å²) in [5.74, 6) is -0.886. The van der Waals surface area contributed by atoms with Crippen molar-refractivity contribution >= 4 is 23.9 Å². The van der Waals surface area contributed by atoms with Crippen LogP contribution in [0.25, 0.3) is 5.57 Å². The number of aryl methyl sites for hydroxylation is 2. The predicted molar refractivity (Wildman–Crippen MR) is 111 cm³/mol. The van der Waals surface area contributed by atoms with Gasteiger partial charge in [0, 0.05) is 13.1 Å². The first-order chi connectivity index (χ1) is 12.7.